The van der Waals surface area contributed by atoms with Gasteiger partial charge in [-0.15, -0.1) is 0 Å². The molecule has 1 aromatic rings. The molecule has 0 aliphatic carbocycles. The van der Waals surface area contributed by atoms with Crippen LogP contribution in [0.4, 0.5) is 0 Å². The minimum absolute atomic E-state index is 0.116. The van der Waals surface area contributed by atoms with Crippen LogP contribution in [0.1, 0.15) is 30.1 Å². The first-order valence-corrected chi connectivity index (χ1v) is 7.11. The average molecular weight is 330 g/mol. The first kappa shape index (κ1) is 14.1. The van der Waals surface area contributed by atoms with Crippen LogP contribution in [-0.2, 0) is 9.53 Å². The molecule has 19 heavy (non-hydrogen) atoms. The topological polar surface area (TPSA) is 59.8 Å². The van der Waals surface area contributed by atoms with Gasteiger partial charge in [0.15, 0.2) is 4.67 Å². The Labute approximate surface area is 120 Å². The lowest BCUT2D eigenvalue weighted by Crippen LogP contribution is -2.42. The second kappa shape index (κ2) is 6.23. The van der Waals surface area contributed by atoms with Crippen LogP contribution in [0.25, 0.3) is 0 Å². The molecule has 0 aromatic carbocycles. The Hall–Kier alpha value is -1.30. The third-order valence-corrected chi connectivity index (χ3v) is 3.79. The molecule has 104 valence electrons. The van der Waals surface area contributed by atoms with Crippen LogP contribution in [-0.4, -0.2) is 36.5 Å². The van der Waals surface area contributed by atoms with Gasteiger partial charge >= 0.3 is 5.97 Å². The molecule has 0 radical (unpaired) electrons. The predicted molar refractivity (Wildman–Crippen MR) is 71.7 cm³/mol. The number of furan rings is 1. The minimum atomic E-state index is -0.219. The summed E-state index contributed by atoms with van der Waals surface area (Å²) in [6.45, 7) is 3.23. The molecule has 1 aliphatic rings. The van der Waals surface area contributed by atoms with E-state index in [-0.39, 0.29) is 17.8 Å². The molecule has 1 unspecified atom stereocenters. The van der Waals surface area contributed by atoms with Crippen molar-refractivity contribution >= 4 is 27.8 Å². The van der Waals surface area contributed by atoms with Gasteiger partial charge < -0.3 is 14.1 Å². The molecule has 1 saturated heterocycles. The van der Waals surface area contributed by atoms with Gasteiger partial charge in [0.2, 0.25) is 0 Å². The van der Waals surface area contributed by atoms with Crippen LogP contribution in [0.3, 0.4) is 0 Å². The highest BCUT2D eigenvalue weighted by atomic mass is 79.9. The summed E-state index contributed by atoms with van der Waals surface area (Å²) < 4.78 is 10.5. The van der Waals surface area contributed by atoms with Crippen LogP contribution in [0.15, 0.2) is 21.4 Å². The third-order valence-electron chi connectivity index (χ3n) is 3.18. The summed E-state index contributed by atoms with van der Waals surface area (Å²) in [7, 11) is 0. The van der Waals surface area contributed by atoms with Gasteiger partial charge in [-0.05, 0) is 41.8 Å². The summed E-state index contributed by atoms with van der Waals surface area (Å²) in [5.74, 6) is -0.552. The van der Waals surface area contributed by atoms with E-state index in [4.69, 9.17) is 9.15 Å². The highest BCUT2D eigenvalue weighted by Crippen LogP contribution is 2.23. The van der Waals surface area contributed by atoms with Crippen molar-refractivity contribution in [2.45, 2.75) is 19.8 Å². The highest BCUT2D eigenvalue weighted by Gasteiger charge is 2.30. The molecule has 0 spiro atoms. The minimum Gasteiger partial charge on any atom is -0.466 e. The second-order valence-electron chi connectivity index (χ2n) is 4.45. The lowest BCUT2D eigenvalue weighted by molar-refractivity contribution is -0.149. The lowest BCUT2D eigenvalue weighted by atomic mass is 9.98. The van der Waals surface area contributed by atoms with Crippen LogP contribution in [0.2, 0.25) is 0 Å². The normalized spacial score (nSPS) is 19.3. The van der Waals surface area contributed by atoms with Crippen molar-refractivity contribution in [2.75, 3.05) is 19.7 Å². The van der Waals surface area contributed by atoms with Gasteiger partial charge in [0.1, 0.15) is 0 Å². The quantitative estimate of drug-likeness (QED) is 0.799. The van der Waals surface area contributed by atoms with Crippen molar-refractivity contribution in [1.29, 1.82) is 0 Å². The number of piperidine rings is 1. The standard InChI is InChI=1S/C13H16BrNO4/c1-2-18-13(17)9-4-3-6-15(8-9)12(16)10-5-7-19-11(10)14/h5,7,9H,2-4,6,8H2,1H3. The van der Waals surface area contributed by atoms with Crippen molar-refractivity contribution in [1.82, 2.24) is 4.90 Å². The van der Waals surface area contributed by atoms with Crippen molar-refractivity contribution < 1.29 is 18.7 Å². The Balaban J connectivity index is 2.03. The van der Waals surface area contributed by atoms with Gasteiger partial charge in [0, 0.05) is 13.1 Å². The third kappa shape index (κ3) is 3.18. The Morgan fingerprint density at radius 2 is 2.37 bits per heavy atom. The van der Waals surface area contributed by atoms with E-state index in [0.717, 1.165) is 12.8 Å². The molecule has 5 nitrogen and oxygen atoms in total. The molecule has 0 N–H and O–H groups in total. The molecule has 2 heterocycles. The summed E-state index contributed by atoms with van der Waals surface area (Å²) in [6.07, 6.45) is 3.05. The number of nitrogens with zero attached hydrogens (tertiary/aromatic N) is 1. The van der Waals surface area contributed by atoms with Gasteiger partial charge in [-0.2, -0.15) is 0 Å². The Morgan fingerprint density at radius 3 is 3.00 bits per heavy atom. The zero-order chi connectivity index (χ0) is 13.8. The molecule has 6 heteroatoms. The Kier molecular flexibility index (Phi) is 4.63. The zero-order valence-corrected chi connectivity index (χ0v) is 12.3. The molecule has 1 amide bonds. The number of amides is 1. The monoisotopic (exact) mass is 329 g/mol. The number of hydrogen-bond acceptors (Lipinski definition) is 4. The molecular weight excluding hydrogens is 314 g/mol. The maximum atomic E-state index is 12.3. The Morgan fingerprint density at radius 1 is 1.58 bits per heavy atom. The predicted octanol–water partition coefficient (Wildman–Crippen LogP) is 2.46. The van der Waals surface area contributed by atoms with E-state index in [1.165, 1.54) is 6.26 Å². The molecule has 0 saturated carbocycles. The fourth-order valence-electron chi connectivity index (χ4n) is 2.23. The molecule has 1 fully saturated rings. The van der Waals surface area contributed by atoms with E-state index >= 15 is 0 Å². The van der Waals surface area contributed by atoms with E-state index in [1.807, 2.05) is 0 Å². The van der Waals surface area contributed by atoms with E-state index in [0.29, 0.717) is 29.9 Å². The zero-order valence-electron chi connectivity index (χ0n) is 10.7. The van der Waals surface area contributed by atoms with Crippen LogP contribution in [0.5, 0.6) is 0 Å². The molecular formula is C13H16BrNO4. The van der Waals surface area contributed by atoms with Gasteiger partial charge in [0.05, 0.1) is 24.4 Å². The van der Waals surface area contributed by atoms with Crippen LogP contribution < -0.4 is 0 Å². The lowest BCUT2D eigenvalue weighted by Gasteiger charge is -2.31. The second-order valence-corrected chi connectivity index (χ2v) is 5.17. The number of rotatable bonds is 3. The number of ether oxygens (including phenoxy) is 1. The fourth-order valence-corrected chi connectivity index (χ4v) is 2.64. The SMILES string of the molecule is CCOC(=O)C1CCCN(C(=O)c2ccoc2Br)C1. The summed E-state index contributed by atoms with van der Waals surface area (Å²) >= 11 is 3.20. The van der Waals surface area contributed by atoms with Gasteiger partial charge in [-0.3, -0.25) is 9.59 Å². The summed E-state index contributed by atoms with van der Waals surface area (Å²) in [6, 6.07) is 1.63. The summed E-state index contributed by atoms with van der Waals surface area (Å²) in [4.78, 5) is 25.7. The first-order valence-electron chi connectivity index (χ1n) is 6.32. The van der Waals surface area contributed by atoms with Crippen LogP contribution >= 0.6 is 15.9 Å². The van der Waals surface area contributed by atoms with E-state index in [2.05, 4.69) is 15.9 Å². The highest BCUT2D eigenvalue weighted by molar-refractivity contribution is 9.10. The van der Waals surface area contributed by atoms with E-state index < -0.39 is 0 Å². The van der Waals surface area contributed by atoms with Crippen molar-refractivity contribution in [3.63, 3.8) is 0 Å². The van der Waals surface area contributed by atoms with Gasteiger partial charge in [-0.25, -0.2) is 0 Å². The van der Waals surface area contributed by atoms with Crippen molar-refractivity contribution in [2.24, 2.45) is 5.92 Å². The van der Waals surface area contributed by atoms with Crippen molar-refractivity contribution in [3.05, 3.63) is 22.6 Å². The van der Waals surface area contributed by atoms with Gasteiger partial charge in [0.25, 0.3) is 5.91 Å². The van der Waals surface area contributed by atoms with Crippen LogP contribution in [0, 0.1) is 5.92 Å². The molecule has 1 aromatic heterocycles. The molecule has 1 aliphatic heterocycles. The summed E-state index contributed by atoms with van der Waals surface area (Å²) in [5.41, 5.74) is 0.490. The molecule has 0 bridgehead atoms. The van der Waals surface area contributed by atoms with E-state index in [1.54, 1.807) is 17.9 Å². The number of carbonyl (C=O) groups excluding carboxylic acids is 2. The first-order chi connectivity index (χ1) is 9.13. The Bertz CT molecular complexity index is 471. The number of carbonyl (C=O) groups is 2. The number of halogens is 1. The molecule has 2 rings (SSSR count). The van der Waals surface area contributed by atoms with Gasteiger partial charge in [-0.1, -0.05) is 0 Å². The largest absolute Gasteiger partial charge is 0.466 e. The number of esters is 1. The smallest absolute Gasteiger partial charge is 0.310 e. The maximum absolute atomic E-state index is 12.3. The average Bonchev–Trinajstić information content (AvgIpc) is 2.84. The van der Waals surface area contributed by atoms with Crippen molar-refractivity contribution in [3.8, 4) is 0 Å². The summed E-state index contributed by atoms with van der Waals surface area (Å²) in [5, 5.41) is 0. The molecule has 1 atom stereocenters. The van der Waals surface area contributed by atoms with E-state index in [9.17, 15) is 9.59 Å². The fraction of sp³-hybridized carbons (Fsp3) is 0.538. The number of hydrogen-bond donors (Lipinski definition) is 0. The number of likely N-dealkylation sites (tertiary alicyclic amines) is 1. The maximum Gasteiger partial charge on any atom is 0.310 e.